The molecular weight excluding hydrogens is 963 g/mol. The first-order valence-corrected chi connectivity index (χ1v) is 21.7. The molecule has 0 unspecified atom stereocenters. The molecular formula is C26H80B8N22S8. The summed E-state index contributed by atoms with van der Waals surface area (Å²) in [6.07, 6.45) is 0. The number of thiol groups is 8. The Morgan fingerprint density at radius 3 is 0.469 bits per heavy atom. The van der Waals surface area contributed by atoms with E-state index in [1.807, 2.05) is 28.2 Å². The Morgan fingerprint density at radius 2 is 0.375 bits per heavy atom. The third kappa shape index (κ3) is 236. The molecule has 0 aromatic carbocycles. The quantitative estimate of drug-likeness (QED) is 0.0233. The SMILES string of the molecule is [2H]N(CCN)CCN([2H])CCN.[2H]N(CCNC)CCN([2H])CCN([2H])CCN([2H])CCNC.[2H]N(CCNC)CCN([2H])CCNC.[B]=NS.[B]=NS.[B]=NS.[B]=NS.[B]=NS.[B]=NS.[B]=NS.[B]=NS. The van der Waals surface area contributed by atoms with Crippen molar-refractivity contribution in [2.24, 2.45) is 45.9 Å². The fourth-order valence-electron chi connectivity index (χ4n) is 2.55. The predicted molar refractivity (Wildman–Crippen MR) is 314 cm³/mol. The van der Waals surface area contributed by atoms with Gasteiger partial charge in [0.15, 0.2) is 0 Å². The van der Waals surface area contributed by atoms with E-state index in [9.17, 15) is 0 Å². The van der Waals surface area contributed by atoms with E-state index >= 15 is 0 Å². The average molecular weight is 1050 g/mol. The zero-order chi connectivity index (χ0) is 58.7. The maximum absolute atomic E-state index is 7.79. The van der Waals surface area contributed by atoms with Gasteiger partial charge < -0.3 is 75.2 Å². The van der Waals surface area contributed by atoms with E-state index in [4.69, 9.17) is 22.8 Å². The van der Waals surface area contributed by atoms with Gasteiger partial charge in [0.05, 0.1) is 0 Å². The van der Waals surface area contributed by atoms with Gasteiger partial charge in [0.2, 0.25) is 0 Å². The number of hydrogen-bond donors (Lipinski definition) is 22. The van der Waals surface area contributed by atoms with Crippen LogP contribution in [0.2, 0.25) is 11.3 Å². The minimum atomic E-state index is 0.470. The van der Waals surface area contributed by atoms with Crippen molar-refractivity contribution in [3.05, 3.63) is 0 Å². The van der Waals surface area contributed by atoms with E-state index in [0.717, 1.165) is 26.2 Å². The molecule has 366 valence electrons. The van der Waals surface area contributed by atoms with Gasteiger partial charge in [0.25, 0.3) is 0 Å². The first-order valence-electron chi connectivity index (χ1n) is 22.0. The third-order valence-corrected chi connectivity index (χ3v) is 4.74. The van der Waals surface area contributed by atoms with Crippen LogP contribution in [0.4, 0.5) is 0 Å². The van der Waals surface area contributed by atoms with Crippen LogP contribution in [0, 0.1) is 0 Å². The van der Waals surface area contributed by atoms with Crippen molar-refractivity contribution in [2.75, 3.05) is 172 Å². The molecule has 38 heteroatoms. The molecule has 0 spiro atoms. The zero-order valence-corrected chi connectivity index (χ0v) is 45.2. The standard InChI is InChI=1S/C12H32N6.C8H22N4.C6H18N4.8BHNS/c1-13-3-5-15-7-9-17-11-12-18-10-8-16-6-4-14-2;1-9-3-5-11-7-8-12-6-4-10-2;7-1-3-9-5-6-10-4-2-8;8*1-2-3/h13-18H,3-12H2,1-2H3;9-12H,3-8H2,1-2H3;9-10H,1-8H2;8*3H/i/hD8. The number of nitrogens with one attached hydrogen (secondary N) is 12. The molecule has 8 radical (unpaired) electrons. The molecule has 0 aliphatic heterocycles. The van der Waals surface area contributed by atoms with Crippen molar-refractivity contribution in [3.8, 4) is 0 Å². The summed E-state index contributed by atoms with van der Waals surface area (Å²) in [5.74, 6) is 0. The van der Waals surface area contributed by atoms with Crippen LogP contribution in [0.1, 0.15) is 0 Å². The molecule has 0 atom stereocenters. The van der Waals surface area contributed by atoms with Crippen molar-refractivity contribution in [1.29, 1.82) is 0 Å². The van der Waals surface area contributed by atoms with Crippen LogP contribution >= 0.6 is 103 Å². The second-order valence-corrected chi connectivity index (χ2v) is 11.1. The summed E-state index contributed by atoms with van der Waals surface area (Å²) < 4.78 is 82.1. The molecule has 0 rings (SSSR count). The number of hydrogen-bond acceptors (Lipinski definition) is 30. The summed E-state index contributed by atoms with van der Waals surface area (Å²) in [5.41, 5.74) is 10.5. The Labute approximate surface area is 454 Å². The van der Waals surface area contributed by atoms with Gasteiger partial charge in [0.1, 0.15) is 11.3 Å². The molecule has 0 fully saturated rings. The molecule has 0 aliphatic rings. The summed E-state index contributed by atoms with van der Waals surface area (Å²) >= 11 is 25.5. The molecule has 0 amide bonds. The summed E-state index contributed by atoms with van der Waals surface area (Å²) in [4.78, 5) is 0. The third-order valence-electron chi connectivity index (χ3n) is 4.74. The molecule has 0 aromatic heterocycles. The normalized spacial score (nSPS) is 10.5. The van der Waals surface area contributed by atoms with E-state index in [0.29, 0.717) is 118 Å². The van der Waals surface area contributed by atoms with Crippen molar-refractivity contribution in [2.45, 2.75) is 0 Å². The van der Waals surface area contributed by atoms with E-state index in [2.05, 4.69) is 219 Å². The fourth-order valence-corrected chi connectivity index (χ4v) is 2.55. The summed E-state index contributed by atoms with van der Waals surface area (Å²) in [7, 11) is 42.1. The molecule has 64 heavy (non-hydrogen) atoms. The molecule has 16 N–H and O–H groups in total. The van der Waals surface area contributed by atoms with E-state index in [-0.39, 0.29) is 0 Å². The van der Waals surface area contributed by atoms with Gasteiger partial charge in [-0.2, -0.15) is 0 Å². The summed E-state index contributed by atoms with van der Waals surface area (Å²) in [5, 5.41) is 23.3. The van der Waals surface area contributed by atoms with Gasteiger partial charge in [-0.1, -0.05) is 0 Å². The van der Waals surface area contributed by atoms with Gasteiger partial charge >= 0.3 is 198 Å². The summed E-state index contributed by atoms with van der Waals surface area (Å²) in [6, 6.07) is 0. The Balaban J connectivity index is -0.0000000718. The maximum atomic E-state index is 7.79. The minimum absolute atomic E-state index is 0.470. The topological polar surface area (TPSA) is 295 Å². The fraction of sp³-hybridized carbons (Fsp3) is 1.00. The van der Waals surface area contributed by atoms with E-state index in [1.54, 1.807) is 0 Å². The first kappa shape index (κ1) is 69.4. The van der Waals surface area contributed by atoms with Crippen LogP contribution in [0.25, 0.3) is 0 Å². The first-order chi connectivity index (χ1) is 34.2. The van der Waals surface area contributed by atoms with Crippen LogP contribution in [-0.4, -0.2) is 233 Å². The van der Waals surface area contributed by atoms with E-state index < -0.39 is 0 Å². The van der Waals surface area contributed by atoms with Gasteiger partial charge in [-0.3, -0.25) is 0 Å². The van der Waals surface area contributed by atoms with Crippen LogP contribution in [0.5, 0.6) is 0 Å². The average Bonchev–Trinajstić information content (AvgIpc) is 3.33. The van der Waals surface area contributed by atoms with Crippen molar-refractivity contribution < 1.29 is 11.3 Å². The van der Waals surface area contributed by atoms with Crippen LogP contribution in [-0.2, 0) is 0 Å². The number of nitrogens with two attached hydrogens (primary N) is 2. The second kappa shape index (κ2) is 137. The van der Waals surface area contributed by atoms with Gasteiger partial charge in [-0.25, -0.2) is 0 Å². The molecule has 0 saturated carbocycles. The van der Waals surface area contributed by atoms with Gasteiger partial charge in [-0.15, -0.1) is 0 Å². The molecule has 0 aromatic rings. The number of rotatable bonds is 31. The molecule has 0 saturated heterocycles. The molecule has 0 bridgehead atoms. The van der Waals surface area contributed by atoms with Crippen molar-refractivity contribution in [3.63, 3.8) is 0 Å². The predicted octanol–water partition coefficient (Wildman–Crippen LogP) is -4.06. The van der Waals surface area contributed by atoms with Crippen LogP contribution in [0.3, 0.4) is 0 Å². The Hall–Kier alpha value is 1.16. The van der Waals surface area contributed by atoms with Crippen LogP contribution in [0.15, 0.2) is 34.4 Å². The number of nitrogens with zero attached hydrogens (tertiary/aromatic N) is 8. The molecule has 0 heterocycles. The second-order valence-electron chi connectivity index (χ2n) is 9.28. The van der Waals surface area contributed by atoms with Gasteiger partial charge in [0, 0.05) is 144 Å². The van der Waals surface area contributed by atoms with Gasteiger partial charge in [-0.05, 0) is 28.2 Å². The van der Waals surface area contributed by atoms with Crippen molar-refractivity contribution in [1.82, 2.24) is 63.7 Å². The monoisotopic (exact) mass is 1050 g/mol. The van der Waals surface area contributed by atoms with Crippen LogP contribution < -0.4 is 75.2 Å². The van der Waals surface area contributed by atoms with Crippen molar-refractivity contribution >= 4 is 164 Å². The Bertz CT molecular complexity index is 933. The summed E-state index contributed by atoms with van der Waals surface area (Å²) in [6.45, 7) is 13.2. The zero-order valence-electron chi connectivity index (χ0n) is 46.1. The Morgan fingerprint density at radius 1 is 0.281 bits per heavy atom. The van der Waals surface area contributed by atoms with E-state index in [1.165, 1.54) is 42.5 Å². The molecule has 22 nitrogen and oxygen atoms in total. The number of likely N-dealkylation sites (N-methyl/N-ethyl adjacent to an activating group) is 4. The molecule has 0 aliphatic carbocycles. The Kier molecular flexibility index (Phi) is 149.